The van der Waals surface area contributed by atoms with Crippen LogP contribution in [0.4, 0.5) is 16.3 Å². The minimum Gasteiger partial charge on any atom is -0.333 e. The highest BCUT2D eigenvalue weighted by Crippen LogP contribution is 2.21. The van der Waals surface area contributed by atoms with Gasteiger partial charge in [-0.3, -0.25) is 10.1 Å². The normalized spacial score (nSPS) is 17.4. The van der Waals surface area contributed by atoms with Gasteiger partial charge in [0.05, 0.1) is 6.04 Å². The van der Waals surface area contributed by atoms with Crippen molar-refractivity contribution in [3.8, 4) is 0 Å². The molecule has 0 spiro atoms. The number of para-hydroxylation sites is 1. The lowest BCUT2D eigenvalue weighted by atomic mass is 10.2. The van der Waals surface area contributed by atoms with Crippen LogP contribution < -0.4 is 15.5 Å². The highest BCUT2D eigenvalue weighted by atomic mass is 16.2. The third kappa shape index (κ3) is 3.22. The van der Waals surface area contributed by atoms with Crippen molar-refractivity contribution < 1.29 is 9.59 Å². The summed E-state index contributed by atoms with van der Waals surface area (Å²) in [6, 6.07) is 14.1. The number of nitrogens with one attached hydrogen (secondary N) is 2. The molecule has 1 unspecified atom stereocenters. The summed E-state index contributed by atoms with van der Waals surface area (Å²) in [4.78, 5) is 29.7. The summed E-state index contributed by atoms with van der Waals surface area (Å²) in [5.74, 6) is 0.485. The summed E-state index contributed by atoms with van der Waals surface area (Å²) in [7, 11) is 0. The lowest BCUT2D eigenvalue weighted by molar-refractivity contribution is -0.117. The van der Waals surface area contributed by atoms with Crippen LogP contribution in [0.25, 0.3) is 0 Å². The van der Waals surface area contributed by atoms with Crippen LogP contribution in [0.3, 0.4) is 0 Å². The Hall–Kier alpha value is -2.89. The van der Waals surface area contributed by atoms with Gasteiger partial charge < -0.3 is 10.2 Å². The first-order valence-electron chi connectivity index (χ1n) is 7.06. The van der Waals surface area contributed by atoms with Crippen molar-refractivity contribution in [1.82, 2.24) is 10.3 Å². The maximum Gasteiger partial charge on any atom is 0.320 e. The van der Waals surface area contributed by atoms with Gasteiger partial charge in [0.15, 0.2) is 0 Å². The molecule has 2 aromatic rings. The molecule has 6 nitrogen and oxygen atoms in total. The third-order valence-electron chi connectivity index (χ3n) is 3.43. The van der Waals surface area contributed by atoms with Crippen molar-refractivity contribution >= 4 is 23.4 Å². The molecule has 0 bridgehead atoms. The number of anilines is 2. The topological polar surface area (TPSA) is 74.3 Å². The molecular formula is C16H16N4O2. The number of rotatable bonds is 3. The molecule has 6 heteroatoms. The minimum absolute atomic E-state index is 0.00864. The first-order valence-corrected chi connectivity index (χ1v) is 7.06. The molecule has 3 rings (SSSR count). The van der Waals surface area contributed by atoms with Crippen molar-refractivity contribution in [3.05, 3.63) is 54.7 Å². The quantitative estimate of drug-likeness (QED) is 0.910. The van der Waals surface area contributed by atoms with Gasteiger partial charge in [0.1, 0.15) is 5.82 Å². The zero-order chi connectivity index (χ0) is 15.4. The van der Waals surface area contributed by atoms with Gasteiger partial charge in [-0.25, -0.2) is 9.78 Å². The number of hydrogen-bond donors (Lipinski definition) is 2. The summed E-state index contributed by atoms with van der Waals surface area (Å²) in [6.07, 6.45) is 1.90. The second-order valence-electron chi connectivity index (χ2n) is 5.05. The fourth-order valence-electron chi connectivity index (χ4n) is 2.44. The Morgan fingerprint density at radius 2 is 1.91 bits per heavy atom. The highest BCUT2D eigenvalue weighted by molar-refractivity contribution is 5.97. The number of urea groups is 1. The molecule has 0 saturated carbocycles. The zero-order valence-electron chi connectivity index (χ0n) is 11.9. The molecule has 0 radical (unpaired) electrons. The molecular weight excluding hydrogens is 280 g/mol. The Bertz CT molecular complexity index is 660. The molecule has 1 saturated heterocycles. The van der Waals surface area contributed by atoms with Crippen LogP contribution in [0.15, 0.2) is 54.7 Å². The second-order valence-corrected chi connectivity index (χ2v) is 5.05. The smallest absolute Gasteiger partial charge is 0.320 e. The maximum absolute atomic E-state index is 12.1. The van der Waals surface area contributed by atoms with Gasteiger partial charge in [-0.05, 0) is 24.3 Å². The summed E-state index contributed by atoms with van der Waals surface area (Å²) < 4.78 is 0. The molecule has 0 aliphatic carbocycles. The molecule has 1 aliphatic rings. The molecule has 1 fully saturated rings. The standard InChI is InChI=1S/C16H16N4O2/c21-15-10-12(11-20(15)13-6-2-1-3-7-13)18-16(22)19-14-8-4-5-9-17-14/h1-9,12H,10-11H2,(H2,17,18,19,22). The minimum atomic E-state index is -0.355. The highest BCUT2D eigenvalue weighted by Gasteiger charge is 2.31. The number of aromatic nitrogens is 1. The van der Waals surface area contributed by atoms with E-state index >= 15 is 0 Å². The Kier molecular flexibility index (Phi) is 4.00. The summed E-state index contributed by atoms with van der Waals surface area (Å²) in [6.45, 7) is 0.471. The van der Waals surface area contributed by atoms with Crippen molar-refractivity contribution in [2.24, 2.45) is 0 Å². The molecule has 2 heterocycles. The van der Waals surface area contributed by atoms with Gasteiger partial charge in [0.2, 0.25) is 5.91 Å². The first kappa shape index (κ1) is 14.1. The van der Waals surface area contributed by atoms with E-state index in [0.29, 0.717) is 18.8 Å². The molecule has 112 valence electrons. The average molecular weight is 296 g/mol. The number of benzene rings is 1. The lowest BCUT2D eigenvalue weighted by Crippen LogP contribution is -2.39. The van der Waals surface area contributed by atoms with Crippen molar-refractivity contribution in [2.75, 3.05) is 16.8 Å². The van der Waals surface area contributed by atoms with E-state index in [-0.39, 0.29) is 18.0 Å². The third-order valence-corrected chi connectivity index (χ3v) is 3.43. The monoisotopic (exact) mass is 296 g/mol. The Balaban J connectivity index is 1.58. The molecule has 1 aliphatic heterocycles. The molecule has 1 aromatic heterocycles. The van der Waals surface area contributed by atoms with E-state index in [9.17, 15) is 9.59 Å². The Labute approximate surface area is 128 Å². The Morgan fingerprint density at radius 1 is 1.14 bits per heavy atom. The van der Waals surface area contributed by atoms with Gasteiger partial charge >= 0.3 is 6.03 Å². The van der Waals surface area contributed by atoms with Crippen LogP contribution in [-0.2, 0) is 4.79 Å². The number of pyridine rings is 1. The van der Waals surface area contributed by atoms with E-state index < -0.39 is 0 Å². The Morgan fingerprint density at radius 3 is 2.64 bits per heavy atom. The number of hydrogen-bond acceptors (Lipinski definition) is 3. The van der Waals surface area contributed by atoms with E-state index in [1.807, 2.05) is 30.3 Å². The average Bonchev–Trinajstić information content (AvgIpc) is 2.89. The van der Waals surface area contributed by atoms with Crippen molar-refractivity contribution in [3.63, 3.8) is 0 Å². The van der Waals surface area contributed by atoms with Gasteiger partial charge in [0, 0.05) is 24.8 Å². The summed E-state index contributed by atoms with van der Waals surface area (Å²) in [5, 5.41) is 5.45. The van der Waals surface area contributed by atoms with Gasteiger partial charge in [-0.1, -0.05) is 24.3 Å². The van der Waals surface area contributed by atoms with Gasteiger partial charge in [0.25, 0.3) is 0 Å². The maximum atomic E-state index is 12.1. The molecule has 22 heavy (non-hydrogen) atoms. The molecule has 2 N–H and O–H groups in total. The molecule has 1 atom stereocenters. The van der Waals surface area contributed by atoms with Crippen LogP contribution in [0.2, 0.25) is 0 Å². The zero-order valence-corrected chi connectivity index (χ0v) is 11.9. The van der Waals surface area contributed by atoms with Gasteiger partial charge in [-0.15, -0.1) is 0 Å². The second kappa shape index (κ2) is 6.26. The van der Waals surface area contributed by atoms with Crippen LogP contribution in [0.5, 0.6) is 0 Å². The summed E-state index contributed by atoms with van der Waals surface area (Å²) in [5.41, 5.74) is 0.849. The van der Waals surface area contributed by atoms with E-state index in [4.69, 9.17) is 0 Å². The fraction of sp³-hybridized carbons (Fsp3) is 0.188. The van der Waals surface area contributed by atoms with E-state index in [1.54, 1.807) is 29.3 Å². The molecule has 3 amide bonds. The number of carbonyl (C=O) groups excluding carboxylic acids is 2. The largest absolute Gasteiger partial charge is 0.333 e. The van der Waals surface area contributed by atoms with Crippen molar-refractivity contribution in [2.45, 2.75) is 12.5 Å². The number of amides is 3. The van der Waals surface area contributed by atoms with E-state index in [2.05, 4.69) is 15.6 Å². The van der Waals surface area contributed by atoms with E-state index in [1.165, 1.54) is 0 Å². The van der Waals surface area contributed by atoms with Crippen LogP contribution >= 0.6 is 0 Å². The van der Waals surface area contributed by atoms with E-state index in [0.717, 1.165) is 5.69 Å². The SMILES string of the molecule is O=C(Nc1ccccn1)NC1CC(=O)N(c2ccccc2)C1. The van der Waals surface area contributed by atoms with Crippen molar-refractivity contribution in [1.29, 1.82) is 0 Å². The predicted octanol–water partition coefficient (Wildman–Crippen LogP) is 2.01. The number of nitrogens with zero attached hydrogens (tertiary/aromatic N) is 2. The van der Waals surface area contributed by atoms with Crippen LogP contribution in [0.1, 0.15) is 6.42 Å². The van der Waals surface area contributed by atoms with Crippen LogP contribution in [-0.4, -0.2) is 29.5 Å². The van der Waals surface area contributed by atoms with Gasteiger partial charge in [-0.2, -0.15) is 0 Å². The first-order chi connectivity index (χ1) is 10.7. The van der Waals surface area contributed by atoms with Crippen LogP contribution in [0, 0.1) is 0 Å². The summed E-state index contributed by atoms with van der Waals surface area (Å²) >= 11 is 0. The number of carbonyl (C=O) groups is 2. The molecule has 1 aromatic carbocycles. The lowest BCUT2D eigenvalue weighted by Gasteiger charge is -2.17. The predicted molar refractivity (Wildman–Crippen MR) is 83.6 cm³/mol. The fourth-order valence-corrected chi connectivity index (χ4v) is 2.44.